The van der Waals surface area contributed by atoms with E-state index in [2.05, 4.69) is 44.4 Å². The Bertz CT molecular complexity index is 410. The van der Waals surface area contributed by atoms with Crippen LogP contribution in [0.3, 0.4) is 0 Å². The lowest BCUT2D eigenvalue weighted by Crippen LogP contribution is -2.25. The summed E-state index contributed by atoms with van der Waals surface area (Å²) < 4.78 is 5.47. The fraction of sp³-hybridized carbons (Fsp3) is 0.769. The smallest absolute Gasteiger partial charge is 0.323 e. The number of hydrogen-bond acceptors (Lipinski definition) is 8. The SMILES string of the molecule is CCN(CC)CCCNc1nc(NN)nc(OC(C)C)n1. The van der Waals surface area contributed by atoms with Gasteiger partial charge in [-0.05, 0) is 39.9 Å². The van der Waals surface area contributed by atoms with Crippen LogP contribution in [0.2, 0.25) is 0 Å². The number of nitrogens with one attached hydrogen (secondary N) is 2. The first-order valence-corrected chi connectivity index (χ1v) is 7.44. The molecule has 0 aliphatic heterocycles. The summed E-state index contributed by atoms with van der Waals surface area (Å²) in [5.74, 6) is 6.11. The Morgan fingerprint density at radius 3 is 2.38 bits per heavy atom. The van der Waals surface area contributed by atoms with Gasteiger partial charge in [0, 0.05) is 6.54 Å². The predicted octanol–water partition coefficient (Wildman–Crippen LogP) is 1.09. The van der Waals surface area contributed by atoms with Crippen LogP contribution in [0.4, 0.5) is 11.9 Å². The topological polar surface area (TPSA) is 101 Å². The summed E-state index contributed by atoms with van der Waals surface area (Å²) >= 11 is 0. The summed E-state index contributed by atoms with van der Waals surface area (Å²) in [7, 11) is 0. The summed E-state index contributed by atoms with van der Waals surface area (Å²) in [6.45, 7) is 12.1. The Labute approximate surface area is 126 Å². The lowest BCUT2D eigenvalue weighted by Gasteiger charge is -2.17. The van der Waals surface area contributed by atoms with Crippen molar-refractivity contribution in [1.29, 1.82) is 0 Å². The predicted molar refractivity (Wildman–Crippen MR) is 84.3 cm³/mol. The summed E-state index contributed by atoms with van der Waals surface area (Å²) in [6.07, 6.45) is 1.01. The number of rotatable bonds is 10. The molecule has 0 radical (unpaired) electrons. The third-order valence-corrected chi connectivity index (χ3v) is 2.91. The van der Waals surface area contributed by atoms with Crippen LogP contribution < -0.4 is 21.3 Å². The number of hydrogen-bond donors (Lipinski definition) is 3. The Hall–Kier alpha value is -1.67. The van der Waals surface area contributed by atoms with Gasteiger partial charge in [0.2, 0.25) is 11.9 Å². The summed E-state index contributed by atoms with van der Waals surface area (Å²) in [6, 6.07) is 0.263. The molecule has 1 aromatic heterocycles. The molecule has 1 heterocycles. The fourth-order valence-electron chi connectivity index (χ4n) is 1.81. The zero-order valence-electron chi connectivity index (χ0n) is 13.4. The molecule has 120 valence electrons. The van der Waals surface area contributed by atoms with Crippen LogP contribution in [0.15, 0.2) is 0 Å². The van der Waals surface area contributed by atoms with Crippen molar-refractivity contribution in [3.05, 3.63) is 0 Å². The molecule has 1 aromatic rings. The molecule has 21 heavy (non-hydrogen) atoms. The largest absolute Gasteiger partial charge is 0.461 e. The quantitative estimate of drug-likeness (QED) is 0.335. The minimum Gasteiger partial charge on any atom is -0.461 e. The van der Waals surface area contributed by atoms with E-state index in [-0.39, 0.29) is 18.1 Å². The first kappa shape index (κ1) is 17.4. The third kappa shape index (κ3) is 6.54. The van der Waals surface area contributed by atoms with E-state index in [1.807, 2.05) is 13.8 Å². The van der Waals surface area contributed by atoms with Gasteiger partial charge in [-0.3, -0.25) is 5.43 Å². The van der Waals surface area contributed by atoms with Crippen LogP contribution in [0.5, 0.6) is 6.01 Å². The van der Waals surface area contributed by atoms with E-state index in [4.69, 9.17) is 10.6 Å². The molecule has 0 spiro atoms. The minimum absolute atomic E-state index is 0.00598. The summed E-state index contributed by atoms with van der Waals surface area (Å²) in [4.78, 5) is 14.8. The Kier molecular flexibility index (Phi) is 7.70. The van der Waals surface area contributed by atoms with E-state index in [9.17, 15) is 0 Å². The first-order chi connectivity index (χ1) is 10.1. The molecule has 0 bridgehead atoms. The van der Waals surface area contributed by atoms with E-state index in [1.165, 1.54) is 0 Å². The van der Waals surface area contributed by atoms with Crippen LogP contribution in [0.25, 0.3) is 0 Å². The number of ether oxygens (including phenoxy) is 1. The molecule has 1 rings (SSSR count). The van der Waals surface area contributed by atoms with Crippen LogP contribution in [0, 0.1) is 0 Å². The van der Waals surface area contributed by atoms with Gasteiger partial charge in [0.1, 0.15) is 0 Å². The zero-order valence-corrected chi connectivity index (χ0v) is 13.4. The maximum Gasteiger partial charge on any atom is 0.323 e. The lowest BCUT2D eigenvalue weighted by atomic mass is 10.3. The van der Waals surface area contributed by atoms with Crippen molar-refractivity contribution < 1.29 is 4.74 Å². The van der Waals surface area contributed by atoms with Gasteiger partial charge in [-0.15, -0.1) is 0 Å². The maximum absolute atomic E-state index is 5.47. The van der Waals surface area contributed by atoms with Gasteiger partial charge in [0.15, 0.2) is 0 Å². The summed E-state index contributed by atoms with van der Waals surface area (Å²) in [5.41, 5.74) is 2.42. The second-order valence-electron chi connectivity index (χ2n) is 4.88. The van der Waals surface area contributed by atoms with Crippen molar-refractivity contribution in [3.8, 4) is 6.01 Å². The van der Waals surface area contributed by atoms with Crippen LogP contribution >= 0.6 is 0 Å². The van der Waals surface area contributed by atoms with Crippen molar-refractivity contribution in [2.24, 2.45) is 5.84 Å². The van der Waals surface area contributed by atoms with Gasteiger partial charge >= 0.3 is 6.01 Å². The highest BCUT2D eigenvalue weighted by molar-refractivity contribution is 5.34. The Morgan fingerprint density at radius 2 is 1.81 bits per heavy atom. The number of hydrazine groups is 1. The van der Waals surface area contributed by atoms with Crippen molar-refractivity contribution in [2.75, 3.05) is 36.9 Å². The van der Waals surface area contributed by atoms with Gasteiger partial charge in [0.05, 0.1) is 6.10 Å². The number of nitrogen functional groups attached to an aromatic ring is 1. The van der Waals surface area contributed by atoms with Crippen LogP contribution in [-0.2, 0) is 0 Å². The van der Waals surface area contributed by atoms with E-state index >= 15 is 0 Å². The molecule has 8 nitrogen and oxygen atoms in total. The highest BCUT2D eigenvalue weighted by atomic mass is 16.5. The van der Waals surface area contributed by atoms with Gasteiger partial charge in [-0.1, -0.05) is 13.8 Å². The molecule has 0 aromatic carbocycles. The first-order valence-electron chi connectivity index (χ1n) is 7.44. The van der Waals surface area contributed by atoms with Gasteiger partial charge < -0.3 is 15.0 Å². The average Bonchev–Trinajstić information content (AvgIpc) is 2.46. The molecule has 0 fully saturated rings. The molecule has 8 heteroatoms. The standard InChI is InChI=1S/C13H27N7O/c1-5-20(6-2)9-7-8-15-11-16-12(19-14)18-13(17-11)21-10(3)4/h10H,5-9,14H2,1-4H3,(H2,15,16,17,18,19). The second-order valence-corrected chi connectivity index (χ2v) is 4.88. The van der Waals surface area contributed by atoms with Crippen molar-refractivity contribution >= 4 is 11.9 Å². The molecule has 0 aliphatic rings. The molecular formula is C13H27N7O. The molecule has 0 aliphatic carbocycles. The highest BCUT2D eigenvalue weighted by Gasteiger charge is 2.08. The monoisotopic (exact) mass is 297 g/mol. The lowest BCUT2D eigenvalue weighted by molar-refractivity contribution is 0.222. The zero-order chi connectivity index (χ0) is 15.7. The van der Waals surface area contributed by atoms with Crippen molar-refractivity contribution in [1.82, 2.24) is 19.9 Å². The molecule has 0 unspecified atom stereocenters. The van der Waals surface area contributed by atoms with Crippen LogP contribution in [-0.4, -0.2) is 52.1 Å². The third-order valence-electron chi connectivity index (χ3n) is 2.91. The Morgan fingerprint density at radius 1 is 1.14 bits per heavy atom. The van der Waals surface area contributed by atoms with Gasteiger partial charge in [-0.25, -0.2) is 5.84 Å². The fourth-order valence-corrected chi connectivity index (χ4v) is 1.81. The highest BCUT2D eigenvalue weighted by Crippen LogP contribution is 2.11. The van der Waals surface area contributed by atoms with Gasteiger partial charge in [-0.2, -0.15) is 15.0 Å². The molecule has 4 N–H and O–H groups in total. The number of nitrogens with zero attached hydrogens (tertiary/aromatic N) is 4. The normalized spacial score (nSPS) is 11.0. The molecule has 0 saturated heterocycles. The molecule has 0 amide bonds. The van der Waals surface area contributed by atoms with E-state index in [0.717, 1.165) is 32.6 Å². The average molecular weight is 297 g/mol. The van der Waals surface area contributed by atoms with Gasteiger partial charge in [0.25, 0.3) is 0 Å². The van der Waals surface area contributed by atoms with Crippen molar-refractivity contribution in [2.45, 2.75) is 40.2 Å². The molecular weight excluding hydrogens is 270 g/mol. The van der Waals surface area contributed by atoms with Crippen molar-refractivity contribution in [3.63, 3.8) is 0 Å². The molecule has 0 atom stereocenters. The van der Waals surface area contributed by atoms with E-state index in [0.29, 0.717) is 5.95 Å². The Balaban J connectivity index is 2.53. The molecule has 0 saturated carbocycles. The van der Waals surface area contributed by atoms with E-state index in [1.54, 1.807) is 0 Å². The maximum atomic E-state index is 5.47. The second kappa shape index (κ2) is 9.30. The number of nitrogens with two attached hydrogens (primary N) is 1. The minimum atomic E-state index is -0.00598. The van der Waals surface area contributed by atoms with Crippen LogP contribution in [0.1, 0.15) is 34.1 Å². The van der Waals surface area contributed by atoms with E-state index < -0.39 is 0 Å². The number of aromatic nitrogens is 3. The summed E-state index contributed by atoms with van der Waals surface area (Å²) in [5, 5.41) is 3.17. The number of anilines is 2.